The Labute approximate surface area is 147 Å². The average molecular weight is 341 g/mol. The third-order valence-electron chi connectivity index (χ3n) is 3.73. The zero-order valence-corrected chi connectivity index (χ0v) is 14.7. The predicted molar refractivity (Wildman–Crippen MR) is 97.6 cm³/mol. The SMILES string of the molecule is COc1ccc(NC(=O)NC(CC(=O)N(C)C)c2ccccc2)cc1. The van der Waals surface area contributed by atoms with E-state index in [9.17, 15) is 9.59 Å². The van der Waals surface area contributed by atoms with E-state index in [2.05, 4.69) is 10.6 Å². The second kappa shape index (κ2) is 8.73. The first-order valence-electron chi connectivity index (χ1n) is 7.96. The molecule has 0 aliphatic rings. The standard InChI is InChI=1S/C19H23N3O3/c1-22(2)18(23)13-17(14-7-5-4-6-8-14)21-19(24)20-15-9-11-16(25-3)12-10-15/h4-12,17H,13H2,1-3H3,(H2,20,21,24). The summed E-state index contributed by atoms with van der Waals surface area (Å²) in [7, 11) is 4.98. The van der Waals surface area contributed by atoms with E-state index in [1.54, 1.807) is 45.5 Å². The summed E-state index contributed by atoms with van der Waals surface area (Å²) < 4.78 is 5.09. The number of hydrogen-bond donors (Lipinski definition) is 2. The smallest absolute Gasteiger partial charge is 0.319 e. The molecule has 0 radical (unpaired) electrons. The molecule has 0 bridgehead atoms. The van der Waals surface area contributed by atoms with Gasteiger partial charge in [0.25, 0.3) is 0 Å². The maximum Gasteiger partial charge on any atom is 0.319 e. The highest BCUT2D eigenvalue weighted by atomic mass is 16.5. The van der Waals surface area contributed by atoms with Crippen LogP contribution in [0.25, 0.3) is 0 Å². The molecule has 6 heteroatoms. The molecule has 2 aromatic carbocycles. The molecule has 0 aliphatic heterocycles. The van der Waals surface area contributed by atoms with Gasteiger partial charge in [0.15, 0.2) is 0 Å². The second-order valence-corrected chi connectivity index (χ2v) is 5.78. The first-order valence-corrected chi connectivity index (χ1v) is 7.96. The molecule has 3 amide bonds. The predicted octanol–water partition coefficient (Wildman–Crippen LogP) is 3.04. The van der Waals surface area contributed by atoms with Crippen molar-refractivity contribution in [2.45, 2.75) is 12.5 Å². The molecule has 0 saturated heterocycles. The first-order chi connectivity index (χ1) is 12.0. The number of benzene rings is 2. The number of urea groups is 1. The van der Waals surface area contributed by atoms with Crippen LogP contribution in [-0.2, 0) is 4.79 Å². The van der Waals surface area contributed by atoms with Gasteiger partial charge in [-0.05, 0) is 29.8 Å². The Hall–Kier alpha value is -3.02. The Kier molecular flexibility index (Phi) is 6.39. The summed E-state index contributed by atoms with van der Waals surface area (Å²) in [5, 5.41) is 5.63. The highest BCUT2D eigenvalue weighted by Crippen LogP contribution is 2.19. The summed E-state index contributed by atoms with van der Waals surface area (Å²) >= 11 is 0. The molecule has 0 fully saturated rings. The van der Waals surface area contributed by atoms with E-state index in [0.29, 0.717) is 11.4 Å². The van der Waals surface area contributed by atoms with Gasteiger partial charge in [0.2, 0.25) is 5.91 Å². The van der Waals surface area contributed by atoms with Crippen molar-refractivity contribution >= 4 is 17.6 Å². The number of carbonyl (C=O) groups excluding carboxylic acids is 2. The van der Waals surface area contributed by atoms with Gasteiger partial charge in [0.1, 0.15) is 5.75 Å². The zero-order chi connectivity index (χ0) is 18.2. The summed E-state index contributed by atoms with van der Waals surface area (Å²) in [5.74, 6) is 0.656. The Morgan fingerprint density at radius 3 is 2.24 bits per heavy atom. The Morgan fingerprint density at radius 2 is 1.68 bits per heavy atom. The number of carbonyl (C=O) groups is 2. The van der Waals surface area contributed by atoms with Gasteiger partial charge in [-0.15, -0.1) is 0 Å². The van der Waals surface area contributed by atoms with Crippen LogP contribution >= 0.6 is 0 Å². The Bertz CT molecular complexity index is 700. The van der Waals surface area contributed by atoms with E-state index in [0.717, 1.165) is 5.56 Å². The first kappa shape index (κ1) is 18.3. The van der Waals surface area contributed by atoms with Crippen LogP contribution in [0.5, 0.6) is 5.75 Å². The molecule has 1 unspecified atom stereocenters. The molecule has 132 valence electrons. The molecule has 2 N–H and O–H groups in total. The van der Waals surface area contributed by atoms with Gasteiger partial charge in [-0.25, -0.2) is 4.79 Å². The average Bonchev–Trinajstić information content (AvgIpc) is 2.62. The molecule has 0 heterocycles. The van der Waals surface area contributed by atoms with E-state index in [-0.39, 0.29) is 18.4 Å². The lowest BCUT2D eigenvalue weighted by Gasteiger charge is -2.21. The van der Waals surface area contributed by atoms with E-state index < -0.39 is 6.04 Å². The van der Waals surface area contributed by atoms with Gasteiger partial charge in [0.05, 0.1) is 19.6 Å². The van der Waals surface area contributed by atoms with Gasteiger partial charge in [-0.2, -0.15) is 0 Å². The summed E-state index contributed by atoms with van der Waals surface area (Å²) in [4.78, 5) is 25.9. The molecular weight excluding hydrogens is 318 g/mol. The number of anilines is 1. The van der Waals surface area contributed by atoms with E-state index >= 15 is 0 Å². The van der Waals surface area contributed by atoms with Gasteiger partial charge in [-0.1, -0.05) is 30.3 Å². The summed E-state index contributed by atoms with van der Waals surface area (Å²) in [6, 6.07) is 15.7. The summed E-state index contributed by atoms with van der Waals surface area (Å²) in [5.41, 5.74) is 1.52. The lowest BCUT2D eigenvalue weighted by atomic mass is 10.0. The Morgan fingerprint density at radius 1 is 1.04 bits per heavy atom. The van der Waals surface area contributed by atoms with Crippen molar-refractivity contribution in [1.29, 1.82) is 0 Å². The molecule has 1 atom stereocenters. The molecule has 25 heavy (non-hydrogen) atoms. The minimum atomic E-state index is -0.408. The largest absolute Gasteiger partial charge is 0.497 e. The maximum atomic E-state index is 12.3. The summed E-state index contributed by atoms with van der Waals surface area (Å²) in [6.45, 7) is 0. The number of ether oxygens (including phenoxy) is 1. The van der Waals surface area contributed by atoms with Crippen LogP contribution in [0.15, 0.2) is 54.6 Å². The number of nitrogens with one attached hydrogen (secondary N) is 2. The van der Waals surface area contributed by atoms with Crippen molar-refractivity contribution < 1.29 is 14.3 Å². The third-order valence-corrected chi connectivity index (χ3v) is 3.73. The van der Waals surface area contributed by atoms with Crippen molar-refractivity contribution in [2.75, 3.05) is 26.5 Å². The van der Waals surface area contributed by atoms with Crippen molar-refractivity contribution in [1.82, 2.24) is 10.2 Å². The second-order valence-electron chi connectivity index (χ2n) is 5.78. The number of nitrogens with zero attached hydrogens (tertiary/aromatic N) is 1. The normalized spacial score (nSPS) is 11.3. The van der Waals surface area contributed by atoms with Crippen molar-refractivity contribution in [3.05, 3.63) is 60.2 Å². The van der Waals surface area contributed by atoms with Crippen LogP contribution < -0.4 is 15.4 Å². The fourth-order valence-corrected chi connectivity index (χ4v) is 2.29. The number of methoxy groups -OCH3 is 1. The minimum Gasteiger partial charge on any atom is -0.497 e. The van der Waals surface area contributed by atoms with Gasteiger partial charge in [0, 0.05) is 19.8 Å². The molecule has 6 nitrogen and oxygen atoms in total. The monoisotopic (exact) mass is 341 g/mol. The number of amides is 3. The lowest BCUT2D eigenvalue weighted by molar-refractivity contribution is -0.129. The third kappa shape index (κ3) is 5.53. The van der Waals surface area contributed by atoms with Crippen LogP contribution in [-0.4, -0.2) is 38.0 Å². The topological polar surface area (TPSA) is 70.7 Å². The molecule has 0 aromatic heterocycles. The van der Waals surface area contributed by atoms with Gasteiger partial charge >= 0.3 is 6.03 Å². The van der Waals surface area contributed by atoms with Crippen molar-refractivity contribution in [2.24, 2.45) is 0 Å². The minimum absolute atomic E-state index is 0.0569. The zero-order valence-electron chi connectivity index (χ0n) is 14.7. The fourth-order valence-electron chi connectivity index (χ4n) is 2.29. The number of hydrogen-bond acceptors (Lipinski definition) is 3. The fraction of sp³-hybridized carbons (Fsp3) is 0.263. The van der Waals surface area contributed by atoms with Gasteiger partial charge in [-0.3, -0.25) is 4.79 Å². The van der Waals surface area contributed by atoms with E-state index in [1.807, 2.05) is 30.3 Å². The molecule has 0 spiro atoms. The summed E-state index contributed by atoms with van der Waals surface area (Å²) in [6.07, 6.45) is 0.188. The molecule has 0 saturated carbocycles. The highest BCUT2D eigenvalue weighted by Gasteiger charge is 2.19. The molecule has 2 aromatic rings. The van der Waals surface area contributed by atoms with E-state index in [4.69, 9.17) is 4.74 Å². The van der Waals surface area contributed by atoms with Crippen molar-refractivity contribution in [3.63, 3.8) is 0 Å². The van der Waals surface area contributed by atoms with Crippen LogP contribution in [0, 0.1) is 0 Å². The quantitative estimate of drug-likeness (QED) is 0.848. The molecule has 0 aliphatic carbocycles. The van der Waals surface area contributed by atoms with Gasteiger partial charge < -0.3 is 20.3 Å². The van der Waals surface area contributed by atoms with E-state index in [1.165, 1.54) is 4.90 Å². The number of rotatable bonds is 6. The van der Waals surface area contributed by atoms with Crippen molar-refractivity contribution in [3.8, 4) is 5.75 Å². The molecule has 2 rings (SSSR count). The lowest BCUT2D eigenvalue weighted by Crippen LogP contribution is -2.36. The van der Waals surface area contributed by atoms with Crippen LogP contribution in [0.2, 0.25) is 0 Å². The molecular formula is C19H23N3O3. The highest BCUT2D eigenvalue weighted by molar-refractivity contribution is 5.90. The Balaban J connectivity index is 2.06. The van der Waals surface area contributed by atoms with Crippen LogP contribution in [0.4, 0.5) is 10.5 Å². The van der Waals surface area contributed by atoms with Crippen LogP contribution in [0.1, 0.15) is 18.0 Å². The maximum absolute atomic E-state index is 12.3. The van der Waals surface area contributed by atoms with Crippen LogP contribution in [0.3, 0.4) is 0 Å².